The van der Waals surface area contributed by atoms with Gasteiger partial charge < -0.3 is 20.2 Å². The van der Waals surface area contributed by atoms with Crippen LogP contribution in [0.4, 0.5) is 17.3 Å². The van der Waals surface area contributed by atoms with Crippen molar-refractivity contribution in [1.82, 2.24) is 9.97 Å². The topological polar surface area (TPSA) is 105 Å². The van der Waals surface area contributed by atoms with Crippen molar-refractivity contribution in [3.63, 3.8) is 0 Å². The van der Waals surface area contributed by atoms with Gasteiger partial charge in [0.25, 0.3) is 0 Å². The van der Waals surface area contributed by atoms with E-state index in [9.17, 15) is 0 Å². The highest BCUT2D eigenvalue weighted by Gasteiger charge is 2.10. The fourth-order valence-corrected chi connectivity index (χ4v) is 2.22. The van der Waals surface area contributed by atoms with Crippen LogP contribution in [0.15, 0.2) is 48.0 Å². The molecule has 8 nitrogen and oxygen atoms in total. The molecule has 2 aromatic rings. The van der Waals surface area contributed by atoms with E-state index in [1.807, 2.05) is 30.3 Å². The molecule has 2 heterocycles. The van der Waals surface area contributed by atoms with Gasteiger partial charge in [0.1, 0.15) is 17.9 Å². The van der Waals surface area contributed by atoms with E-state index in [-0.39, 0.29) is 5.92 Å². The molecule has 0 spiro atoms. The molecular formula is C17H18N6O2. The number of hydrogen-bond acceptors (Lipinski definition) is 8. The molecule has 0 saturated carbocycles. The monoisotopic (exact) mass is 338 g/mol. The first-order valence-electron chi connectivity index (χ1n) is 7.64. The summed E-state index contributed by atoms with van der Waals surface area (Å²) in [4.78, 5) is 8.36. The lowest BCUT2D eigenvalue weighted by Gasteiger charge is -2.11. The standard InChI is InChI=1S/C17H18N6O2/c1-24-14-4-2-3-13(7-14)22-16-15(8-18)17(20-11-19-16)23-21-9-12-5-6-25-10-12/h2-9,11-12,18H,10H2,1H3,(H2,19,20,22,23)/b18-8?,21-9+. The van der Waals surface area contributed by atoms with Gasteiger partial charge in [-0.25, -0.2) is 9.97 Å². The second-order valence-electron chi connectivity index (χ2n) is 5.20. The maximum Gasteiger partial charge on any atom is 0.160 e. The average Bonchev–Trinajstić information content (AvgIpc) is 3.15. The van der Waals surface area contributed by atoms with Gasteiger partial charge in [0.2, 0.25) is 0 Å². The maximum absolute atomic E-state index is 7.68. The smallest absolute Gasteiger partial charge is 0.160 e. The summed E-state index contributed by atoms with van der Waals surface area (Å²) in [5, 5.41) is 15.0. The van der Waals surface area contributed by atoms with Crippen LogP contribution in [-0.2, 0) is 4.74 Å². The molecule has 0 amide bonds. The van der Waals surface area contributed by atoms with Gasteiger partial charge in [-0.05, 0) is 18.2 Å². The highest BCUT2D eigenvalue weighted by atomic mass is 16.5. The number of rotatable bonds is 7. The van der Waals surface area contributed by atoms with Crippen molar-refractivity contribution in [3.05, 3.63) is 48.5 Å². The van der Waals surface area contributed by atoms with Crippen molar-refractivity contribution < 1.29 is 9.47 Å². The molecule has 1 aliphatic heterocycles. The third-order valence-electron chi connectivity index (χ3n) is 3.51. The second kappa shape index (κ2) is 7.91. The molecule has 1 aliphatic rings. The highest BCUT2D eigenvalue weighted by Crippen LogP contribution is 2.24. The van der Waals surface area contributed by atoms with Gasteiger partial charge in [0, 0.05) is 24.2 Å². The number of aromatic nitrogens is 2. The number of methoxy groups -OCH3 is 1. The normalized spacial score (nSPS) is 15.8. The molecule has 1 atom stereocenters. The predicted molar refractivity (Wildman–Crippen MR) is 96.9 cm³/mol. The molecule has 3 rings (SSSR count). The van der Waals surface area contributed by atoms with Gasteiger partial charge in [-0.3, -0.25) is 5.43 Å². The van der Waals surface area contributed by atoms with Crippen LogP contribution >= 0.6 is 0 Å². The third-order valence-corrected chi connectivity index (χ3v) is 3.51. The summed E-state index contributed by atoms with van der Waals surface area (Å²) in [7, 11) is 1.61. The highest BCUT2D eigenvalue weighted by molar-refractivity contribution is 5.91. The first-order chi connectivity index (χ1) is 12.3. The lowest BCUT2D eigenvalue weighted by atomic mass is 10.2. The summed E-state index contributed by atoms with van der Waals surface area (Å²) in [6, 6.07) is 7.45. The summed E-state index contributed by atoms with van der Waals surface area (Å²) < 4.78 is 10.3. The SMILES string of the molecule is COc1cccc(Nc2ncnc(N/N=C/C3C=COC3)c2C=N)c1. The first-order valence-corrected chi connectivity index (χ1v) is 7.64. The minimum Gasteiger partial charge on any atom is -0.500 e. The molecule has 8 heteroatoms. The van der Waals surface area contributed by atoms with Crippen LogP contribution in [0.5, 0.6) is 5.75 Å². The lowest BCUT2D eigenvalue weighted by molar-refractivity contribution is 0.269. The Labute approximate surface area is 145 Å². The van der Waals surface area contributed by atoms with E-state index in [1.165, 1.54) is 12.5 Å². The predicted octanol–water partition coefficient (Wildman–Crippen LogP) is 2.78. The number of ether oxygens (including phenoxy) is 2. The van der Waals surface area contributed by atoms with Crippen LogP contribution in [0.3, 0.4) is 0 Å². The number of hydrogen-bond donors (Lipinski definition) is 3. The van der Waals surface area contributed by atoms with Gasteiger partial charge in [0.15, 0.2) is 5.82 Å². The molecule has 128 valence electrons. The molecule has 0 radical (unpaired) electrons. The number of nitrogens with one attached hydrogen (secondary N) is 3. The molecule has 0 aliphatic carbocycles. The molecule has 1 unspecified atom stereocenters. The molecule has 0 saturated heterocycles. The average molecular weight is 338 g/mol. The van der Waals surface area contributed by atoms with Crippen LogP contribution in [-0.4, -0.2) is 36.1 Å². The zero-order chi connectivity index (χ0) is 17.5. The minimum absolute atomic E-state index is 0.132. The molecule has 3 N–H and O–H groups in total. The van der Waals surface area contributed by atoms with Gasteiger partial charge in [-0.15, -0.1) is 0 Å². The fourth-order valence-electron chi connectivity index (χ4n) is 2.22. The molecular weight excluding hydrogens is 320 g/mol. The fraction of sp³-hybridized carbons (Fsp3) is 0.176. The van der Waals surface area contributed by atoms with Crippen LogP contribution < -0.4 is 15.5 Å². The summed E-state index contributed by atoms with van der Waals surface area (Å²) in [5.41, 5.74) is 4.15. The zero-order valence-electron chi connectivity index (χ0n) is 13.6. The van der Waals surface area contributed by atoms with Crippen LogP contribution in [0.2, 0.25) is 0 Å². The van der Waals surface area contributed by atoms with E-state index >= 15 is 0 Å². The second-order valence-corrected chi connectivity index (χ2v) is 5.20. The lowest BCUT2D eigenvalue weighted by Crippen LogP contribution is -2.06. The van der Waals surface area contributed by atoms with Crippen molar-refractivity contribution in [1.29, 1.82) is 5.41 Å². The Hall–Kier alpha value is -3.42. The van der Waals surface area contributed by atoms with Crippen LogP contribution in [0, 0.1) is 11.3 Å². The van der Waals surface area contributed by atoms with Gasteiger partial charge in [0.05, 0.1) is 31.5 Å². The van der Waals surface area contributed by atoms with E-state index in [1.54, 1.807) is 19.6 Å². The largest absolute Gasteiger partial charge is 0.500 e. The Bertz CT molecular complexity index is 805. The summed E-state index contributed by atoms with van der Waals surface area (Å²) in [6.45, 7) is 0.578. The molecule has 0 bridgehead atoms. The van der Waals surface area contributed by atoms with Crippen molar-refractivity contribution in [2.45, 2.75) is 0 Å². The van der Waals surface area contributed by atoms with Crippen molar-refractivity contribution in [2.75, 3.05) is 24.5 Å². The van der Waals surface area contributed by atoms with Gasteiger partial charge >= 0.3 is 0 Å². The van der Waals surface area contributed by atoms with Gasteiger partial charge in [-0.1, -0.05) is 6.07 Å². The summed E-state index contributed by atoms with van der Waals surface area (Å²) >= 11 is 0. The van der Waals surface area contributed by atoms with Crippen LogP contribution in [0.1, 0.15) is 5.56 Å². The van der Waals surface area contributed by atoms with Gasteiger partial charge in [-0.2, -0.15) is 5.10 Å². The van der Waals surface area contributed by atoms with Crippen molar-refractivity contribution in [2.24, 2.45) is 11.0 Å². The molecule has 1 aromatic heterocycles. The van der Waals surface area contributed by atoms with E-state index in [4.69, 9.17) is 14.9 Å². The molecule has 1 aromatic carbocycles. The molecule has 25 heavy (non-hydrogen) atoms. The number of nitrogens with zero attached hydrogens (tertiary/aromatic N) is 3. The zero-order valence-corrected chi connectivity index (χ0v) is 13.6. The number of hydrazone groups is 1. The number of benzene rings is 1. The Balaban J connectivity index is 1.77. The maximum atomic E-state index is 7.68. The van der Waals surface area contributed by atoms with E-state index < -0.39 is 0 Å². The Morgan fingerprint density at radius 1 is 1.36 bits per heavy atom. The van der Waals surface area contributed by atoms with E-state index in [0.717, 1.165) is 11.4 Å². The van der Waals surface area contributed by atoms with E-state index in [2.05, 4.69) is 25.8 Å². The van der Waals surface area contributed by atoms with Crippen molar-refractivity contribution in [3.8, 4) is 5.75 Å². The summed E-state index contributed by atoms with van der Waals surface area (Å²) in [6.07, 6.45) is 7.89. The van der Waals surface area contributed by atoms with Crippen LogP contribution in [0.25, 0.3) is 0 Å². The van der Waals surface area contributed by atoms with E-state index in [0.29, 0.717) is 23.8 Å². The molecule has 0 fully saturated rings. The van der Waals surface area contributed by atoms with Crippen molar-refractivity contribution >= 4 is 29.8 Å². The summed E-state index contributed by atoms with van der Waals surface area (Å²) in [5.74, 6) is 1.80. The first kappa shape index (κ1) is 16.4. The third kappa shape index (κ3) is 4.11. The minimum atomic E-state index is 0.132. The Kier molecular flexibility index (Phi) is 5.20. The Morgan fingerprint density at radius 3 is 3.00 bits per heavy atom. The Morgan fingerprint density at radius 2 is 2.24 bits per heavy atom. The number of anilines is 3. The quantitative estimate of drug-likeness (QED) is 0.530.